The lowest BCUT2D eigenvalue weighted by molar-refractivity contribution is -0.129. The summed E-state index contributed by atoms with van der Waals surface area (Å²) in [4.78, 5) is 11.7. The number of alkyl halides is 1. The Morgan fingerprint density at radius 2 is 2.29 bits per heavy atom. The first-order chi connectivity index (χ1) is 8.03. The number of halogens is 1. The minimum Gasteiger partial charge on any atom is -0.378 e. The van der Waals surface area contributed by atoms with E-state index >= 15 is 0 Å². The molecule has 1 aliphatic rings. The normalized spacial score (nSPS) is 22.4. The summed E-state index contributed by atoms with van der Waals surface area (Å²) in [6.07, 6.45) is 0. The molecule has 1 atom stereocenters. The highest BCUT2D eigenvalue weighted by atomic mass is 35.5. The van der Waals surface area contributed by atoms with E-state index in [-0.39, 0.29) is 30.7 Å². The fourth-order valence-corrected chi connectivity index (χ4v) is 3.55. The second kappa shape index (κ2) is 6.53. The van der Waals surface area contributed by atoms with Crippen molar-refractivity contribution in [1.82, 2.24) is 9.62 Å². The molecule has 0 bridgehead atoms. The average Bonchev–Trinajstić information content (AvgIpc) is 2.29. The van der Waals surface area contributed by atoms with Crippen molar-refractivity contribution in [2.24, 2.45) is 0 Å². The molecule has 1 amide bonds. The van der Waals surface area contributed by atoms with Crippen LogP contribution in [-0.4, -0.2) is 62.6 Å². The minimum atomic E-state index is -3.49. The van der Waals surface area contributed by atoms with Crippen LogP contribution in [-0.2, 0) is 19.6 Å². The number of morpholine rings is 1. The largest absolute Gasteiger partial charge is 0.378 e. The van der Waals surface area contributed by atoms with Gasteiger partial charge in [-0.1, -0.05) is 0 Å². The molecule has 17 heavy (non-hydrogen) atoms. The molecule has 6 nitrogen and oxygen atoms in total. The summed E-state index contributed by atoms with van der Waals surface area (Å²) in [6, 6.07) is -0.781. The minimum absolute atomic E-state index is 0.0157. The van der Waals surface area contributed by atoms with Gasteiger partial charge in [0.05, 0.1) is 19.0 Å². The Labute approximate surface area is 106 Å². The number of sulfonamides is 1. The molecule has 0 radical (unpaired) electrons. The highest BCUT2D eigenvalue weighted by Gasteiger charge is 2.36. The molecule has 1 aliphatic heterocycles. The van der Waals surface area contributed by atoms with Crippen molar-refractivity contribution in [3.05, 3.63) is 0 Å². The molecule has 1 N–H and O–H groups in total. The molecule has 0 aromatic carbocycles. The third kappa shape index (κ3) is 3.80. The zero-order chi connectivity index (χ0) is 12.9. The van der Waals surface area contributed by atoms with E-state index in [9.17, 15) is 13.2 Å². The standard InChI is InChI=1S/C9H17ClN2O4S/c1-2-11-9(13)8-7-16-5-4-12(8)17(14,15)6-3-10/h8H,2-7H2,1H3,(H,11,13). The number of hydrogen-bond donors (Lipinski definition) is 1. The van der Waals surface area contributed by atoms with Gasteiger partial charge in [0.1, 0.15) is 6.04 Å². The van der Waals surface area contributed by atoms with E-state index in [1.807, 2.05) is 0 Å². The summed E-state index contributed by atoms with van der Waals surface area (Å²) in [5, 5.41) is 2.60. The molecule has 100 valence electrons. The lowest BCUT2D eigenvalue weighted by Gasteiger charge is -2.33. The quantitative estimate of drug-likeness (QED) is 0.684. The van der Waals surface area contributed by atoms with Crippen molar-refractivity contribution < 1.29 is 17.9 Å². The third-order valence-electron chi connectivity index (χ3n) is 2.43. The Hall–Kier alpha value is -0.370. The van der Waals surface area contributed by atoms with Gasteiger partial charge >= 0.3 is 0 Å². The van der Waals surface area contributed by atoms with Crippen LogP contribution in [0, 0.1) is 0 Å². The van der Waals surface area contributed by atoms with Gasteiger partial charge in [0.25, 0.3) is 0 Å². The van der Waals surface area contributed by atoms with Gasteiger partial charge in [0.15, 0.2) is 0 Å². The Kier molecular flexibility index (Phi) is 5.64. The van der Waals surface area contributed by atoms with Gasteiger partial charge in [-0.2, -0.15) is 4.31 Å². The van der Waals surface area contributed by atoms with Gasteiger partial charge in [0, 0.05) is 19.0 Å². The van der Waals surface area contributed by atoms with Gasteiger partial charge in [-0.05, 0) is 6.92 Å². The van der Waals surface area contributed by atoms with Crippen LogP contribution < -0.4 is 5.32 Å². The zero-order valence-corrected chi connectivity index (χ0v) is 11.3. The number of carbonyl (C=O) groups excluding carboxylic acids is 1. The molecule has 0 aliphatic carbocycles. The highest BCUT2D eigenvalue weighted by Crippen LogP contribution is 2.13. The summed E-state index contributed by atoms with van der Waals surface area (Å²) >= 11 is 5.46. The SMILES string of the molecule is CCNC(=O)C1COCCN1S(=O)(=O)CCCl. The molecule has 0 spiro atoms. The summed E-state index contributed by atoms with van der Waals surface area (Å²) in [5.74, 6) is -0.475. The maximum absolute atomic E-state index is 11.9. The van der Waals surface area contributed by atoms with Crippen LogP contribution in [0.1, 0.15) is 6.92 Å². The van der Waals surface area contributed by atoms with Crippen LogP contribution in [0.15, 0.2) is 0 Å². The molecular formula is C9H17ClN2O4S. The summed E-state index contributed by atoms with van der Waals surface area (Å²) in [6.45, 7) is 2.82. The molecule has 0 saturated carbocycles. The van der Waals surface area contributed by atoms with Crippen molar-refractivity contribution in [2.45, 2.75) is 13.0 Å². The van der Waals surface area contributed by atoms with Gasteiger partial charge in [0.2, 0.25) is 15.9 Å². The fourth-order valence-electron chi connectivity index (χ4n) is 1.63. The monoisotopic (exact) mass is 284 g/mol. The number of carbonyl (C=O) groups is 1. The smallest absolute Gasteiger partial charge is 0.240 e. The molecular weight excluding hydrogens is 268 g/mol. The number of nitrogens with one attached hydrogen (secondary N) is 1. The van der Waals surface area contributed by atoms with E-state index in [1.54, 1.807) is 6.92 Å². The Bertz CT molecular complexity index is 360. The zero-order valence-electron chi connectivity index (χ0n) is 9.69. The van der Waals surface area contributed by atoms with Crippen LogP contribution in [0.2, 0.25) is 0 Å². The number of ether oxygens (including phenoxy) is 1. The number of hydrogen-bond acceptors (Lipinski definition) is 4. The van der Waals surface area contributed by atoms with Crippen LogP contribution >= 0.6 is 11.6 Å². The summed E-state index contributed by atoms with van der Waals surface area (Å²) < 4.78 is 30.2. The summed E-state index contributed by atoms with van der Waals surface area (Å²) in [7, 11) is -3.49. The molecule has 1 fully saturated rings. The fraction of sp³-hybridized carbons (Fsp3) is 0.889. The first kappa shape index (κ1) is 14.7. The predicted molar refractivity (Wildman–Crippen MR) is 64.5 cm³/mol. The van der Waals surface area contributed by atoms with E-state index in [2.05, 4.69) is 5.32 Å². The van der Waals surface area contributed by atoms with Gasteiger partial charge in [-0.15, -0.1) is 11.6 Å². The second-order valence-electron chi connectivity index (χ2n) is 3.60. The number of nitrogens with zero attached hydrogens (tertiary/aromatic N) is 1. The number of rotatable bonds is 5. The Morgan fingerprint density at radius 1 is 1.59 bits per heavy atom. The predicted octanol–water partition coefficient (Wildman–Crippen LogP) is -0.608. The molecule has 0 aromatic heterocycles. The van der Waals surface area contributed by atoms with Gasteiger partial charge in [-0.25, -0.2) is 8.42 Å². The molecule has 0 aromatic rings. The number of amides is 1. The van der Waals surface area contributed by atoms with Crippen molar-refractivity contribution in [2.75, 3.05) is 37.9 Å². The highest BCUT2D eigenvalue weighted by molar-refractivity contribution is 7.89. The van der Waals surface area contributed by atoms with Crippen LogP contribution in [0.4, 0.5) is 0 Å². The van der Waals surface area contributed by atoms with Crippen molar-refractivity contribution in [1.29, 1.82) is 0 Å². The van der Waals surface area contributed by atoms with E-state index in [4.69, 9.17) is 16.3 Å². The molecule has 1 saturated heterocycles. The van der Waals surface area contributed by atoms with Crippen LogP contribution in [0.5, 0.6) is 0 Å². The first-order valence-corrected chi connectivity index (χ1v) is 7.58. The maximum Gasteiger partial charge on any atom is 0.240 e. The third-order valence-corrected chi connectivity index (χ3v) is 4.71. The summed E-state index contributed by atoms with van der Waals surface area (Å²) in [5.41, 5.74) is 0. The van der Waals surface area contributed by atoms with Crippen molar-refractivity contribution >= 4 is 27.5 Å². The molecule has 1 rings (SSSR count). The lowest BCUT2D eigenvalue weighted by atomic mass is 10.2. The topological polar surface area (TPSA) is 75.7 Å². The van der Waals surface area contributed by atoms with Gasteiger partial charge < -0.3 is 10.1 Å². The van der Waals surface area contributed by atoms with E-state index in [0.717, 1.165) is 0 Å². The van der Waals surface area contributed by atoms with Crippen molar-refractivity contribution in [3.8, 4) is 0 Å². The van der Waals surface area contributed by atoms with E-state index < -0.39 is 16.1 Å². The average molecular weight is 285 g/mol. The van der Waals surface area contributed by atoms with E-state index in [1.165, 1.54) is 4.31 Å². The van der Waals surface area contributed by atoms with Gasteiger partial charge in [-0.3, -0.25) is 4.79 Å². The van der Waals surface area contributed by atoms with E-state index in [0.29, 0.717) is 13.2 Å². The Balaban J connectivity index is 2.82. The molecule has 1 heterocycles. The van der Waals surface area contributed by atoms with Crippen LogP contribution in [0.25, 0.3) is 0 Å². The molecule has 1 unspecified atom stereocenters. The van der Waals surface area contributed by atoms with Crippen LogP contribution in [0.3, 0.4) is 0 Å². The Morgan fingerprint density at radius 3 is 2.88 bits per heavy atom. The molecule has 8 heteroatoms. The number of likely N-dealkylation sites (N-methyl/N-ethyl adjacent to an activating group) is 1. The lowest BCUT2D eigenvalue weighted by Crippen LogP contribution is -2.56. The van der Waals surface area contributed by atoms with Crippen molar-refractivity contribution in [3.63, 3.8) is 0 Å². The maximum atomic E-state index is 11.9. The first-order valence-electron chi connectivity index (χ1n) is 5.44. The second-order valence-corrected chi connectivity index (χ2v) is 6.02.